The maximum atomic E-state index is 6.20. The van der Waals surface area contributed by atoms with Crippen LogP contribution in [0.2, 0.25) is 5.02 Å². The molecule has 0 amide bonds. The van der Waals surface area contributed by atoms with E-state index in [1.807, 2.05) is 36.4 Å². The van der Waals surface area contributed by atoms with E-state index in [0.717, 1.165) is 47.7 Å². The highest BCUT2D eigenvalue weighted by Gasteiger charge is 2.04. The number of rotatable bonds is 7. The first kappa shape index (κ1) is 15.1. The van der Waals surface area contributed by atoms with Crippen LogP contribution in [0.4, 0.5) is 0 Å². The highest BCUT2D eigenvalue weighted by molar-refractivity contribution is 6.35. The van der Waals surface area contributed by atoms with Gasteiger partial charge in [-0.2, -0.15) is 0 Å². The van der Waals surface area contributed by atoms with Crippen LogP contribution in [0.1, 0.15) is 20.3 Å². The van der Waals surface area contributed by atoms with E-state index < -0.39 is 0 Å². The number of hydrogen-bond donors (Lipinski definition) is 1. The van der Waals surface area contributed by atoms with Crippen molar-refractivity contribution in [2.24, 2.45) is 5.92 Å². The molecule has 3 heteroatoms. The van der Waals surface area contributed by atoms with E-state index in [4.69, 9.17) is 16.3 Å². The van der Waals surface area contributed by atoms with E-state index in [-0.39, 0.29) is 0 Å². The quantitative estimate of drug-likeness (QED) is 0.758. The Morgan fingerprint density at radius 2 is 1.85 bits per heavy atom. The van der Waals surface area contributed by atoms with Gasteiger partial charge < -0.3 is 10.1 Å². The molecule has 0 heterocycles. The zero-order valence-electron chi connectivity index (χ0n) is 12.2. The van der Waals surface area contributed by atoms with Crippen LogP contribution in [0.15, 0.2) is 36.4 Å². The summed E-state index contributed by atoms with van der Waals surface area (Å²) in [6, 6.07) is 11.9. The summed E-state index contributed by atoms with van der Waals surface area (Å²) in [4.78, 5) is 0. The molecule has 20 heavy (non-hydrogen) atoms. The Labute approximate surface area is 126 Å². The average Bonchev–Trinajstić information content (AvgIpc) is 2.45. The second-order valence-electron chi connectivity index (χ2n) is 5.39. The summed E-state index contributed by atoms with van der Waals surface area (Å²) in [5.41, 5.74) is 0. The van der Waals surface area contributed by atoms with Crippen molar-refractivity contribution in [1.82, 2.24) is 5.32 Å². The molecule has 2 aromatic carbocycles. The van der Waals surface area contributed by atoms with Crippen LogP contribution in [-0.2, 0) is 0 Å². The SMILES string of the molecule is CC(C)CNCCCOc1ccc(Cl)c2ccccc12. The molecule has 0 aliphatic heterocycles. The van der Waals surface area contributed by atoms with Gasteiger partial charge in [0.15, 0.2) is 0 Å². The summed E-state index contributed by atoms with van der Waals surface area (Å²) in [6.07, 6.45) is 1.00. The van der Waals surface area contributed by atoms with Gasteiger partial charge in [-0.3, -0.25) is 0 Å². The second kappa shape index (κ2) is 7.51. The van der Waals surface area contributed by atoms with Crippen LogP contribution in [0.25, 0.3) is 10.8 Å². The normalized spacial score (nSPS) is 11.2. The minimum absolute atomic E-state index is 0.691. The first-order valence-corrected chi connectivity index (χ1v) is 7.57. The maximum absolute atomic E-state index is 6.20. The Morgan fingerprint density at radius 3 is 2.60 bits per heavy atom. The van der Waals surface area contributed by atoms with Gasteiger partial charge in [-0.05, 0) is 37.6 Å². The zero-order valence-corrected chi connectivity index (χ0v) is 12.9. The van der Waals surface area contributed by atoms with Crippen LogP contribution in [0, 0.1) is 5.92 Å². The number of ether oxygens (including phenoxy) is 1. The minimum atomic E-state index is 0.691. The molecule has 0 aromatic heterocycles. The van der Waals surface area contributed by atoms with Gasteiger partial charge in [0.1, 0.15) is 5.75 Å². The van der Waals surface area contributed by atoms with Crippen molar-refractivity contribution < 1.29 is 4.74 Å². The molecule has 2 rings (SSSR count). The predicted octanol–water partition coefficient (Wildman–Crippen LogP) is 4.51. The third-order valence-corrected chi connectivity index (χ3v) is 3.47. The highest BCUT2D eigenvalue weighted by Crippen LogP contribution is 2.31. The fourth-order valence-electron chi connectivity index (χ4n) is 2.13. The second-order valence-corrected chi connectivity index (χ2v) is 5.80. The zero-order chi connectivity index (χ0) is 14.4. The minimum Gasteiger partial charge on any atom is -0.493 e. The van der Waals surface area contributed by atoms with Gasteiger partial charge in [0.25, 0.3) is 0 Å². The smallest absolute Gasteiger partial charge is 0.127 e. The molecule has 0 fully saturated rings. The topological polar surface area (TPSA) is 21.3 Å². The van der Waals surface area contributed by atoms with Crippen molar-refractivity contribution in [2.75, 3.05) is 19.7 Å². The van der Waals surface area contributed by atoms with Gasteiger partial charge in [-0.1, -0.05) is 49.7 Å². The van der Waals surface area contributed by atoms with Crippen LogP contribution in [0.5, 0.6) is 5.75 Å². The van der Waals surface area contributed by atoms with Gasteiger partial charge in [0.05, 0.1) is 6.61 Å². The lowest BCUT2D eigenvalue weighted by Gasteiger charge is -2.11. The predicted molar refractivity (Wildman–Crippen MR) is 86.8 cm³/mol. The lowest BCUT2D eigenvalue weighted by Crippen LogP contribution is -2.22. The fourth-order valence-corrected chi connectivity index (χ4v) is 2.36. The molecule has 0 aliphatic carbocycles. The summed E-state index contributed by atoms with van der Waals surface area (Å²) in [6.45, 7) is 7.19. The molecule has 0 radical (unpaired) electrons. The third-order valence-electron chi connectivity index (χ3n) is 3.14. The summed E-state index contributed by atoms with van der Waals surface area (Å²) in [7, 11) is 0. The Kier molecular flexibility index (Phi) is 5.69. The molecule has 0 unspecified atom stereocenters. The van der Waals surface area contributed by atoms with E-state index in [9.17, 15) is 0 Å². The van der Waals surface area contributed by atoms with Gasteiger partial charge in [0.2, 0.25) is 0 Å². The van der Waals surface area contributed by atoms with Crippen molar-refractivity contribution in [3.8, 4) is 5.75 Å². The number of halogens is 1. The number of hydrogen-bond acceptors (Lipinski definition) is 2. The number of nitrogens with one attached hydrogen (secondary N) is 1. The van der Waals surface area contributed by atoms with E-state index in [1.54, 1.807) is 0 Å². The van der Waals surface area contributed by atoms with Crippen molar-refractivity contribution in [3.63, 3.8) is 0 Å². The first-order chi connectivity index (χ1) is 9.68. The van der Waals surface area contributed by atoms with Crippen LogP contribution < -0.4 is 10.1 Å². The van der Waals surface area contributed by atoms with Crippen molar-refractivity contribution in [2.45, 2.75) is 20.3 Å². The summed E-state index contributed by atoms with van der Waals surface area (Å²) in [5, 5.41) is 6.31. The monoisotopic (exact) mass is 291 g/mol. The van der Waals surface area contributed by atoms with E-state index in [2.05, 4.69) is 19.2 Å². The molecule has 0 bridgehead atoms. The Hall–Kier alpha value is -1.25. The number of benzene rings is 2. The molecule has 0 atom stereocenters. The fraction of sp³-hybridized carbons (Fsp3) is 0.412. The largest absolute Gasteiger partial charge is 0.493 e. The van der Waals surface area contributed by atoms with Gasteiger partial charge in [-0.15, -0.1) is 0 Å². The molecule has 108 valence electrons. The van der Waals surface area contributed by atoms with Gasteiger partial charge >= 0.3 is 0 Å². The maximum Gasteiger partial charge on any atom is 0.127 e. The highest BCUT2D eigenvalue weighted by atomic mass is 35.5. The van der Waals surface area contributed by atoms with Crippen molar-refractivity contribution >= 4 is 22.4 Å². The van der Waals surface area contributed by atoms with E-state index >= 15 is 0 Å². The summed E-state index contributed by atoms with van der Waals surface area (Å²) < 4.78 is 5.88. The Morgan fingerprint density at radius 1 is 1.10 bits per heavy atom. The van der Waals surface area contributed by atoms with Crippen LogP contribution in [0.3, 0.4) is 0 Å². The summed E-state index contributed by atoms with van der Waals surface area (Å²) >= 11 is 6.20. The van der Waals surface area contributed by atoms with Crippen molar-refractivity contribution in [1.29, 1.82) is 0 Å². The molecular weight excluding hydrogens is 270 g/mol. The van der Waals surface area contributed by atoms with Gasteiger partial charge in [0, 0.05) is 15.8 Å². The third kappa shape index (κ3) is 4.12. The van der Waals surface area contributed by atoms with Gasteiger partial charge in [-0.25, -0.2) is 0 Å². The molecule has 0 saturated heterocycles. The van der Waals surface area contributed by atoms with E-state index in [1.165, 1.54) is 0 Å². The first-order valence-electron chi connectivity index (χ1n) is 7.19. The Bertz CT molecular complexity index is 554. The standard InChI is InChI=1S/C17H22ClNO/c1-13(2)12-19-10-5-11-20-17-9-8-16(18)14-6-3-4-7-15(14)17/h3-4,6-9,13,19H,5,10-12H2,1-2H3. The Balaban J connectivity index is 1.89. The molecule has 0 aliphatic rings. The van der Waals surface area contributed by atoms with Crippen molar-refractivity contribution in [3.05, 3.63) is 41.4 Å². The molecule has 0 spiro atoms. The molecular formula is C17H22ClNO. The molecule has 2 nitrogen and oxygen atoms in total. The average molecular weight is 292 g/mol. The van der Waals surface area contributed by atoms with E-state index in [0.29, 0.717) is 5.92 Å². The lowest BCUT2D eigenvalue weighted by atomic mass is 10.1. The summed E-state index contributed by atoms with van der Waals surface area (Å²) in [5.74, 6) is 1.60. The van der Waals surface area contributed by atoms with Crippen LogP contribution in [-0.4, -0.2) is 19.7 Å². The molecule has 1 N–H and O–H groups in total. The lowest BCUT2D eigenvalue weighted by molar-refractivity contribution is 0.310. The van der Waals surface area contributed by atoms with Crippen LogP contribution >= 0.6 is 11.6 Å². The molecule has 2 aromatic rings. The number of fused-ring (bicyclic) bond motifs is 1. The molecule has 0 saturated carbocycles.